The summed E-state index contributed by atoms with van der Waals surface area (Å²) in [6.07, 6.45) is 3.58. The highest BCUT2D eigenvalue weighted by Gasteiger charge is 2.15. The monoisotopic (exact) mass is 206 g/mol. The van der Waals surface area contributed by atoms with Crippen molar-refractivity contribution in [1.29, 1.82) is 0 Å². The van der Waals surface area contributed by atoms with Crippen LogP contribution in [0.3, 0.4) is 0 Å². The van der Waals surface area contributed by atoms with Crippen LogP contribution in [0.1, 0.15) is 12.7 Å². The maximum Gasteiger partial charge on any atom is 0.241 e. The molecule has 0 radical (unpaired) electrons. The molecule has 0 amide bonds. The van der Waals surface area contributed by atoms with Crippen LogP contribution in [-0.4, -0.2) is 36.0 Å². The van der Waals surface area contributed by atoms with E-state index in [0.29, 0.717) is 12.5 Å². The molecule has 0 bridgehead atoms. The zero-order valence-electron chi connectivity index (χ0n) is 8.97. The van der Waals surface area contributed by atoms with Crippen LogP contribution in [0.2, 0.25) is 0 Å². The summed E-state index contributed by atoms with van der Waals surface area (Å²) in [5.74, 6) is 1.36. The van der Waals surface area contributed by atoms with E-state index in [0.717, 1.165) is 24.6 Å². The van der Waals surface area contributed by atoms with Crippen molar-refractivity contribution in [2.75, 3.05) is 24.6 Å². The number of aliphatic imine (C=N–C) groups is 1. The fourth-order valence-electron chi connectivity index (χ4n) is 1.44. The first kappa shape index (κ1) is 9.89. The molecule has 5 nitrogen and oxygen atoms in total. The molecule has 0 unspecified atom stereocenters. The summed E-state index contributed by atoms with van der Waals surface area (Å²) in [6, 6.07) is 0. The van der Waals surface area contributed by atoms with Gasteiger partial charge in [-0.2, -0.15) is 4.98 Å². The van der Waals surface area contributed by atoms with E-state index in [9.17, 15) is 0 Å². The first-order valence-electron chi connectivity index (χ1n) is 5.04. The van der Waals surface area contributed by atoms with Crippen molar-refractivity contribution < 1.29 is 4.74 Å². The summed E-state index contributed by atoms with van der Waals surface area (Å²) < 4.78 is 5.48. The molecule has 15 heavy (non-hydrogen) atoms. The lowest BCUT2D eigenvalue weighted by Crippen LogP contribution is -2.20. The number of hydrogen-bond donors (Lipinski definition) is 0. The van der Waals surface area contributed by atoms with Gasteiger partial charge in [-0.3, -0.25) is 4.99 Å². The van der Waals surface area contributed by atoms with Crippen LogP contribution in [-0.2, 0) is 0 Å². The molecule has 0 fully saturated rings. The first-order valence-corrected chi connectivity index (χ1v) is 5.04. The van der Waals surface area contributed by atoms with Gasteiger partial charge in [0.05, 0.1) is 25.7 Å². The zero-order chi connectivity index (χ0) is 10.7. The fourth-order valence-corrected chi connectivity index (χ4v) is 1.44. The first-order chi connectivity index (χ1) is 7.31. The molecule has 1 aliphatic heterocycles. The Bertz CT molecular complexity index is 378. The number of aryl methyl sites for hydroxylation is 1. The summed E-state index contributed by atoms with van der Waals surface area (Å²) in [5.41, 5.74) is 0.892. The number of hydrogen-bond acceptors (Lipinski definition) is 5. The number of nitrogens with zero attached hydrogens (tertiary/aromatic N) is 4. The van der Waals surface area contributed by atoms with Gasteiger partial charge in [-0.15, -0.1) is 0 Å². The minimum Gasteiger partial charge on any atom is -0.476 e. The second-order valence-electron chi connectivity index (χ2n) is 3.26. The highest BCUT2D eigenvalue weighted by molar-refractivity contribution is 5.82. The van der Waals surface area contributed by atoms with Crippen molar-refractivity contribution in [2.45, 2.75) is 13.8 Å². The predicted molar refractivity (Wildman–Crippen MR) is 58.6 cm³/mol. The smallest absolute Gasteiger partial charge is 0.241 e. The quantitative estimate of drug-likeness (QED) is 0.741. The molecule has 0 spiro atoms. The lowest BCUT2D eigenvalue weighted by molar-refractivity contribution is 0.326. The minimum absolute atomic E-state index is 0.606. The van der Waals surface area contributed by atoms with Crippen LogP contribution in [0.15, 0.2) is 11.2 Å². The molecule has 0 atom stereocenters. The van der Waals surface area contributed by atoms with Gasteiger partial charge in [-0.05, 0) is 13.8 Å². The van der Waals surface area contributed by atoms with Crippen LogP contribution < -0.4 is 9.64 Å². The van der Waals surface area contributed by atoms with Gasteiger partial charge in [0.25, 0.3) is 0 Å². The SMILES string of the molecule is CCOc1nc(C)ncc1N1C=NCC1. The summed E-state index contributed by atoms with van der Waals surface area (Å²) in [7, 11) is 0. The number of ether oxygens (including phenoxy) is 1. The van der Waals surface area contributed by atoms with Gasteiger partial charge >= 0.3 is 0 Å². The lowest BCUT2D eigenvalue weighted by Gasteiger charge is -2.16. The van der Waals surface area contributed by atoms with Crippen molar-refractivity contribution >= 4 is 12.0 Å². The molecular formula is C10H14N4O. The zero-order valence-corrected chi connectivity index (χ0v) is 8.97. The van der Waals surface area contributed by atoms with Crippen molar-refractivity contribution in [2.24, 2.45) is 4.99 Å². The Morgan fingerprint density at radius 3 is 3.07 bits per heavy atom. The van der Waals surface area contributed by atoms with Gasteiger partial charge in [0, 0.05) is 6.54 Å². The Labute approximate surface area is 88.8 Å². The third-order valence-electron chi connectivity index (χ3n) is 2.14. The van der Waals surface area contributed by atoms with Gasteiger partial charge in [-0.1, -0.05) is 0 Å². The summed E-state index contributed by atoms with van der Waals surface area (Å²) in [6.45, 7) is 6.09. The molecule has 0 saturated carbocycles. The second kappa shape index (κ2) is 4.25. The molecule has 0 aliphatic carbocycles. The number of anilines is 1. The number of aromatic nitrogens is 2. The molecule has 2 rings (SSSR count). The Kier molecular flexibility index (Phi) is 2.80. The Balaban J connectivity index is 2.31. The van der Waals surface area contributed by atoms with E-state index in [1.54, 1.807) is 12.5 Å². The maximum absolute atomic E-state index is 5.48. The lowest BCUT2D eigenvalue weighted by atomic mass is 10.4. The van der Waals surface area contributed by atoms with Crippen molar-refractivity contribution in [1.82, 2.24) is 9.97 Å². The van der Waals surface area contributed by atoms with E-state index < -0.39 is 0 Å². The molecule has 5 heteroatoms. The average molecular weight is 206 g/mol. The molecule has 0 saturated heterocycles. The van der Waals surface area contributed by atoms with Crippen molar-refractivity contribution in [3.63, 3.8) is 0 Å². The molecule has 0 N–H and O–H groups in total. The van der Waals surface area contributed by atoms with Gasteiger partial charge in [0.2, 0.25) is 5.88 Å². The van der Waals surface area contributed by atoms with E-state index in [1.807, 2.05) is 18.7 Å². The van der Waals surface area contributed by atoms with Crippen molar-refractivity contribution in [3.05, 3.63) is 12.0 Å². The van der Waals surface area contributed by atoms with Gasteiger partial charge in [0.15, 0.2) is 0 Å². The minimum atomic E-state index is 0.606. The standard InChI is InChI=1S/C10H14N4O/c1-3-15-10-9(6-12-8(2)13-10)14-5-4-11-7-14/h6-7H,3-5H2,1-2H3. The molecule has 2 heterocycles. The third kappa shape index (κ3) is 2.06. The average Bonchev–Trinajstić information content (AvgIpc) is 2.71. The van der Waals surface area contributed by atoms with Crippen LogP contribution in [0.4, 0.5) is 5.69 Å². The predicted octanol–water partition coefficient (Wildman–Crippen LogP) is 1.03. The van der Waals surface area contributed by atoms with Crippen LogP contribution >= 0.6 is 0 Å². The molecule has 1 aromatic heterocycles. The fraction of sp³-hybridized carbons (Fsp3) is 0.500. The largest absolute Gasteiger partial charge is 0.476 e. The maximum atomic E-state index is 5.48. The molecule has 80 valence electrons. The van der Waals surface area contributed by atoms with E-state index in [-0.39, 0.29) is 0 Å². The highest BCUT2D eigenvalue weighted by atomic mass is 16.5. The van der Waals surface area contributed by atoms with E-state index >= 15 is 0 Å². The molecule has 1 aromatic rings. The van der Waals surface area contributed by atoms with Gasteiger partial charge in [0.1, 0.15) is 11.5 Å². The van der Waals surface area contributed by atoms with Crippen LogP contribution in [0, 0.1) is 6.92 Å². The van der Waals surface area contributed by atoms with E-state index in [4.69, 9.17) is 4.74 Å². The van der Waals surface area contributed by atoms with Crippen LogP contribution in [0.5, 0.6) is 5.88 Å². The third-order valence-corrected chi connectivity index (χ3v) is 2.14. The Morgan fingerprint density at radius 1 is 1.53 bits per heavy atom. The molecule has 1 aliphatic rings. The number of rotatable bonds is 3. The van der Waals surface area contributed by atoms with Crippen LogP contribution in [0.25, 0.3) is 0 Å². The Morgan fingerprint density at radius 2 is 2.40 bits per heavy atom. The summed E-state index contributed by atoms with van der Waals surface area (Å²) >= 11 is 0. The Hall–Kier alpha value is -1.65. The van der Waals surface area contributed by atoms with E-state index in [1.165, 1.54) is 0 Å². The second-order valence-corrected chi connectivity index (χ2v) is 3.26. The van der Waals surface area contributed by atoms with Gasteiger partial charge in [-0.25, -0.2) is 4.98 Å². The normalized spacial score (nSPS) is 14.7. The van der Waals surface area contributed by atoms with Gasteiger partial charge < -0.3 is 9.64 Å². The van der Waals surface area contributed by atoms with Crippen molar-refractivity contribution in [3.8, 4) is 5.88 Å². The molecular weight excluding hydrogens is 192 g/mol. The topological polar surface area (TPSA) is 50.6 Å². The van der Waals surface area contributed by atoms with E-state index in [2.05, 4.69) is 15.0 Å². The summed E-state index contributed by atoms with van der Waals surface area (Å²) in [5, 5.41) is 0. The summed E-state index contributed by atoms with van der Waals surface area (Å²) in [4.78, 5) is 14.6. The highest BCUT2D eigenvalue weighted by Crippen LogP contribution is 2.25. The molecule has 0 aromatic carbocycles.